The van der Waals surface area contributed by atoms with Crippen molar-refractivity contribution in [3.63, 3.8) is 0 Å². The van der Waals surface area contributed by atoms with Crippen molar-refractivity contribution in [3.8, 4) is 0 Å². The van der Waals surface area contributed by atoms with Gasteiger partial charge in [0.15, 0.2) is 0 Å². The Bertz CT molecular complexity index is 911. The van der Waals surface area contributed by atoms with Crippen molar-refractivity contribution < 1.29 is 9.59 Å². The predicted octanol–water partition coefficient (Wildman–Crippen LogP) is 6.60. The van der Waals surface area contributed by atoms with Gasteiger partial charge in [0.1, 0.15) is 6.04 Å². The average molecular weight is 516 g/mol. The molecule has 0 aliphatic rings. The summed E-state index contributed by atoms with van der Waals surface area (Å²) in [7, 11) is 0. The molecule has 2 aromatic rings. The first kappa shape index (κ1) is 26.8. The van der Waals surface area contributed by atoms with E-state index in [2.05, 4.69) is 12.2 Å². The molecule has 0 radical (unpaired) electrons. The lowest BCUT2D eigenvalue weighted by Crippen LogP contribution is -2.49. The fourth-order valence-corrected chi connectivity index (χ4v) is 4.62. The maximum atomic E-state index is 13.2. The molecule has 2 aromatic carbocycles. The number of unbranched alkanes of at least 4 members (excludes halogenated alkanes) is 1. The molecule has 4 nitrogen and oxygen atoms in total. The summed E-state index contributed by atoms with van der Waals surface area (Å²) in [4.78, 5) is 27.7. The van der Waals surface area contributed by atoms with Crippen molar-refractivity contribution in [2.45, 2.75) is 51.4 Å². The minimum absolute atomic E-state index is 0.0967. The quantitative estimate of drug-likeness (QED) is 0.324. The minimum atomic E-state index is -0.555. The molecule has 0 saturated heterocycles. The molecule has 1 atom stereocenters. The average Bonchev–Trinajstić information content (AvgIpc) is 2.76. The van der Waals surface area contributed by atoms with Gasteiger partial charge >= 0.3 is 0 Å². The molecule has 8 heteroatoms. The van der Waals surface area contributed by atoms with E-state index in [0.717, 1.165) is 24.0 Å². The fraction of sp³-hybridized carbons (Fsp3) is 0.417. The number of nitrogens with zero attached hydrogens (tertiary/aromatic N) is 1. The first-order chi connectivity index (χ1) is 15.3. The SMILES string of the molecule is CCCCNC(=O)[C@@H](CC)N(Cc1ccc(Cl)c(Cl)c1)C(=O)CSCc1cccc(Cl)c1. The highest BCUT2D eigenvalue weighted by molar-refractivity contribution is 7.99. The van der Waals surface area contributed by atoms with Crippen molar-refractivity contribution in [2.75, 3.05) is 12.3 Å². The number of hydrogen-bond acceptors (Lipinski definition) is 3. The van der Waals surface area contributed by atoms with Crippen LogP contribution in [0.4, 0.5) is 0 Å². The van der Waals surface area contributed by atoms with E-state index < -0.39 is 6.04 Å². The van der Waals surface area contributed by atoms with E-state index in [9.17, 15) is 9.59 Å². The first-order valence-electron chi connectivity index (χ1n) is 10.7. The van der Waals surface area contributed by atoms with Crippen LogP contribution in [-0.2, 0) is 21.9 Å². The number of carbonyl (C=O) groups excluding carboxylic acids is 2. The third-order valence-electron chi connectivity index (χ3n) is 4.94. The molecular weight excluding hydrogens is 487 g/mol. The van der Waals surface area contributed by atoms with Gasteiger partial charge in [-0.3, -0.25) is 9.59 Å². The van der Waals surface area contributed by atoms with Crippen molar-refractivity contribution in [2.24, 2.45) is 0 Å². The van der Waals surface area contributed by atoms with Crippen molar-refractivity contribution in [3.05, 3.63) is 68.7 Å². The zero-order valence-electron chi connectivity index (χ0n) is 18.4. The summed E-state index contributed by atoms with van der Waals surface area (Å²) in [6.07, 6.45) is 2.41. The van der Waals surface area contributed by atoms with Crippen LogP contribution < -0.4 is 5.32 Å². The van der Waals surface area contributed by atoms with Gasteiger partial charge in [-0.05, 0) is 48.2 Å². The number of nitrogens with one attached hydrogen (secondary N) is 1. The van der Waals surface area contributed by atoms with Gasteiger partial charge in [0.2, 0.25) is 11.8 Å². The topological polar surface area (TPSA) is 49.4 Å². The second kappa shape index (κ2) is 14.0. The zero-order chi connectivity index (χ0) is 23.5. The largest absolute Gasteiger partial charge is 0.354 e. The standard InChI is InChI=1S/C24H29Cl3N2O2S/c1-3-5-11-28-24(31)22(4-2)29(14-17-9-10-20(26)21(27)13-17)23(30)16-32-15-18-7-6-8-19(25)12-18/h6-10,12-13,22H,3-5,11,14-16H2,1-2H3,(H,28,31)/t22-/m1/s1. The normalized spacial score (nSPS) is 11.8. The van der Waals surface area contributed by atoms with E-state index in [0.29, 0.717) is 33.8 Å². The summed E-state index contributed by atoms with van der Waals surface area (Å²) >= 11 is 19.8. The summed E-state index contributed by atoms with van der Waals surface area (Å²) in [6.45, 7) is 4.87. The van der Waals surface area contributed by atoms with Crippen molar-refractivity contribution in [1.29, 1.82) is 0 Å². The molecule has 0 aromatic heterocycles. The van der Waals surface area contributed by atoms with Crippen LogP contribution >= 0.6 is 46.6 Å². The third kappa shape index (κ3) is 8.51. The Morgan fingerprint density at radius 1 is 1.03 bits per heavy atom. The molecule has 0 fully saturated rings. The Hall–Kier alpha value is -1.40. The fourth-order valence-electron chi connectivity index (χ4n) is 3.23. The van der Waals surface area contributed by atoms with Gasteiger partial charge in [-0.1, -0.05) is 73.3 Å². The number of benzene rings is 2. The van der Waals surface area contributed by atoms with E-state index in [4.69, 9.17) is 34.8 Å². The number of carbonyl (C=O) groups is 2. The zero-order valence-corrected chi connectivity index (χ0v) is 21.5. The third-order valence-corrected chi connectivity index (χ3v) is 6.90. The summed E-state index contributed by atoms with van der Waals surface area (Å²) in [5.41, 5.74) is 1.88. The number of hydrogen-bond donors (Lipinski definition) is 1. The Morgan fingerprint density at radius 2 is 1.81 bits per heavy atom. The second-order valence-electron chi connectivity index (χ2n) is 7.46. The molecule has 0 heterocycles. The second-order valence-corrected chi connectivity index (χ2v) is 9.70. The number of rotatable bonds is 12. The van der Waals surface area contributed by atoms with Crippen LogP contribution in [0.3, 0.4) is 0 Å². The van der Waals surface area contributed by atoms with Crippen LogP contribution in [0.15, 0.2) is 42.5 Å². The lowest BCUT2D eigenvalue weighted by molar-refractivity contribution is -0.139. The van der Waals surface area contributed by atoms with Crippen molar-refractivity contribution in [1.82, 2.24) is 10.2 Å². The van der Waals surface area contributed by atoms with Crippen LogP contribution in [0.25, 0.3) is 0 Å². The molecule has 0 unspecified atom stereocenters. The van der Waals surface area contributed by atoms with Crippen LogP contribution in [0.5, 0.6) is 0 Å². The van der Waals surface area contributed by atoms with Gasteiger partial charge in [0.05, 0.1) is 15.8 Å². The van der Waals surface area contributed by atoms with E-state index >= 15 is 0 Å². The van der Waals surface area contributed by atoms with Gasteiger partial charge in [0, 0.05) is 23.9 Å². The lowest BCUT2D eigenvalue weighted by Gasteiger charge is -2.30. The number of thioether (sulfide) groups is 1. The van der Waals surface area contributed by atoms with Crippen LogP contribution in [0.1, 0.15) is 44.2 Å². The summed E-state index contributed by atoms with van der Waals surface area (Å²) in [6, 6.07) is 12.3. The van der Waals surface area contributed by atoms with E-state index in [1.807, 2.05) is 37.3 Å². The number of amides is 2. The Kier molecular flexibility index (Phi) is 11.7. The molecule has 32 heavy (non-hydrogen) atoms. The maximum Gasteiger partial charge on any atom is 0.242 e. The molecule has 0 aliphatic heterocycles. The highest BCUT2D eigenvalue weighted by Crippen LogP contribution is 2.25. The smallest absolute Gasteiger partial charge is 0.242 e. The van der Waals surface area contributed by atoms with Crippen molar-refractivity contribution >= 4 is 58.4 Å². The molecule has 0 spiro atoms. The highest BCUT2D eigenvalue weighted by Gasteiger charge is 2.28. The molecular formula is C24H29Cl3N2O2S. The molecule has 1 N–H and O–H groups in total. The molecule has 0 bridgehead atoms. The highest BCUT2D eigenvalue weighted by atomic mass is 35.5. The van der Waals surface area contributed by atoms with Gasteiger partial charge in [-0.2, -0.15) is 0 Å². The monoisotopic (exact) mass is 514 g/mol. The Labute approximate surface area is 210 Å². The lowest BCUT2D eigenvalue weighted by atomic mass is 10.1. The van der Waals surface area contributed by atoms with Gasteiger partial charge in [0.25, 0.3) is 0 Å². The van der Waals surface area contributed by atoms with Crippen LogP contribution in [-0.4, -0.2) is 35.1 Å². The Balaban J connectivity index is 2.13. The molecule has 0 aliphatic carbocycles. The van der Waals surface area contributed by atoms with Gasteiger partial charge in [-0.15, -0.1) is 11.8 Å². The predicted molar refractivity (Wildman–Crippen MR) is 137 cm³/mol. The van der Waals surface area contributed by atoms with Gasteiger partial charge < -0.3 is 10.2 Å². The number of halogens is 3. The maximum absolute atomic E-state index is 13.2. The van der Waals surface area contributed by atoms with Gasteiger partial charge in [-0.25, -0.2) is 0 Å². The molecule has 0 saturated carbocycles. The summed E-state index contributed by atoms with van der Waals surface area (Å²) in [5.74, 6) is 0.689. The van der Waals surface area contributed by atoms with Crippen LogP contribution in [0, 0.1) is 0 Å². The Morgan fingerprint density at radius 3 is 2.47 bits per heavy atom. The summed E-state index contributed by atoms with van der Waals surface area (Å²) < 4.78 is 0. The van der Waals surface area contributed by atoms with E-state index in [1.165, 1.54) is 11.8 Å². The molecule has 2 rings (SSSR count). The molecule has 174 valence electrons. The van der Waals surface area contributed by atoms with Crippen LogP contribution in [0.2, 0.25) is 15.1 Å². The minimum Gasteiger partial charge on any atom is -0.354 e. The molecule has 2 amide bonds. The first-order valence-corrected chi connectivity index (χ1v) is 13.0. The van der Waals surface area contributed by atoms with E-state index in [1.54, 1.807) is 17.0 Å². The van der Waals surface area contributed by atoms with E-state index in [-0.39, 0.29) is 24.1 Å². The summed E-state index contributed by atoms with van der Waals surface area (Å²) in [5, 5.41) is 4.51.